The van der Waals surface area contributed by atoms with E-state index in [0.717, 1.165) is 50.4 Å². The van der Waals surface area contributed by atoms with Gasteiger partial charge in [0.15, 0.2) is 0 Å². The Hall–Kier alpha value is -2.87. The van der Waals surface area contributed by atoms with Crippen molar-refractivity contribution < 1.29 is 0 Å². The summed E-state index contributed by atoms with van der Waals surface area (Å²) in [4.78, 5) is 13.4. The molecule has 0 saturated carbocycles. The number of aromatic amines is 1. The van der Waals surface area contributed by atoms with Gasteiger partial charge in [0.2, 0.25) is 5.82 Å². The summed E-state index contributed by atoms with van der Waals surface area (Å²) >= 11 is 0. The summed E-state index contributed by atoms with van der Waals surface area (Å²) in [5.74, 6) is 1.26. The van der Waals surface area contributed by atoms with Crippen LogP contribution in [0.25, 0.3) is 11.4 Å². The van der Waals surface area contributed by atoms with Crippen molar-refractivity contribution in [2.45, 2.75) is 26.8 Å². The van der Waals surface area contributed by atoms with Crippen molar-refractivity contribution in [1.82, 2.24) is 35.5 Å². The van der Waals surface area contributed by atoms with Crippen LogP contribution in [0, 0.1) is 5.92 Å². The molecule has 8 nitrogen and oxygen atoms in total. The molecule has 1 saturated heterocycles. The van der Waals surface area contributed by atoms with E-state index in [1.54, 1.807) is 12.4 Å². The number of rotatable bonds is 6. The maximum atomic E-state index is 4.39. The number of tetrazole rings is 1. The average molecular weight is 378 g/mol. The Morgan fingerprint density at radius 2 is 1.96 bits per heavy atom. The van der Waals surface area contributed by atoms with E-state index in [0.29, 0.717) is 11.7 Å². The fourth-order valence-corrected chi connectivity index (χ4v) is 3.69. The lowest BCUT2D eigenvalue weighted by Crippen LogP contribution is -2.46. The maximum Gasteiger partial charge on any atom is 0.206 e. The molecule has 1 N–H and O–H groups in total. The van der Waals surface area contributed by atoms with Gasteiger partial charge in [0, 0.05) is 62.6 Å². The summed E-state index contributed by atoms with van der Waals surface area (Å²) in [7, 11) is 0. The summed E-state index contributed by atoms with van der Waals surface area (Å²) < 4.78 is 0. The van der Waals surface area contributed by atoms with Crippen LogP contribution < -0.4 is 4.90 Å². The van der Waals surface area contributed by atoms with Gasteiger partial charge in [-0.1, -0.05) is 19.9 Å². The second-order valence-corrected chi connectivity index (χ2v) is 7.64. The Bertz CT molecular complexity index is 870. The SMILES string of the molecule is CC(C)Cc1ccc(-c2nn[nH]n2)c(N2CCN(Cc3cnccn3)CC2)c1. The molecule has 146 valence electrons. The third kappa shape index (κ3) is 4.33. The van der Waals surface area contributed by atoms with E-state index in [-0.39, 0.29) is 0 Å². The van der Waals surface area contributed by atoms with Crippen LogP contribution in [0.2, 0.25) is 0 Å². The molecule has 4 rings (SSSR count). The fraction of sp³-hybridized carbons (Fsp3) is 0.450. The largest absolute Gasteiger partial charge is 0.368 e. The monoisotopic (exact) mass is 378 g/mol. The van der Waals surface area contributed by atoms with Crippen LogP contribution in [-0.4, -0.2) is 61.7 Å². The van der Waals surface area contributed by atoms with E-state index < -0.39 is 0 Å². The first-order chi connectivity index (χ1) is 13.7. The molecule has 0 aliphatic carbocycles. The number of aromatic nitrogens is 6. The van der Waals surface area contributed by atoms with Crippen LogP contribution in [0.1, 0.15) is 25.1 Å². The minimum Gasteiger partial charge on any atom is -0.368 e. The topological polar surface area (TPSA) is 86.7 Å². The molecule has 0 spiro atoms. The zero-order chi connectivity index (χ0) is 19.3. The van der Waals surface area contributed by atoms with Gasteiger partial charge in [-0.3, -0.25) is 14.9 Å². The van der Waals surface area contributed by atoms with Gasteiger partial charge in [-0.2, -0.15) is 5.21 Å². The number of nitrogens with one attached hydrogen (secondary N) is 1. The molecule has 8 heteroatoms. The number of H-pyrrole nitrogens is 1. The molecule has 0 unspecified atom stereocenters. The molecule has 3 aromatic rings. The summed E-state index contributed by atoms with van der Waals surface area (Å²) in [5, 5.41) is 14.7. The molecule has 1 aromatic carbocycles. The highest BCUT2D eigenvalue weighted by atomic mass is 15.5. The minimum atomic E-state index is 0.618. The summed E-state index contributed by atoms with van der Waals surface area (Å²) in [6.45, 7) is 9.21. The van der Waals surface area contributed by atoms with E-state index in [9.17, 15) is 0 Å². The van der Waals surface area contributed by atoms with Crippen LogP contribution in [-0.2, 0) is 13.0 Å². The molecule has 1 fully saturated rings. The molecule has 0 radical (unpaired) electrons. The van der Waals surface area contributed by atoms with E-state index >= 15 is 0 Å². The van der Waals surface area contributed by atoms with Crippen molar-refractivity contribution in [3.05, 3.63) is 48.0 Å². The van der Waals surface area contributed by atoms with E-state index in [2.05, 4.69) is 72.4 Å². The number of hydrogen-bond acceptors (Lipinski definition) is 7. The quantitative estimate of drug-likeness (QED) is 0.703. The number of piperazine rings is 1. The number of nitrogens with zero attached hydrogens (tertiary/aromatic N) is 7. The first kappa shape index (κ1) is 18.5. The van der Waals surface area contributed by atoms with Gasteiger partial charge in [0.25, 0.3) is 0 Å². The molecule has 0 bridgehead atoms. The van der Waals surface area contributed by atoms with Crippen LogP contribution in [0.4, 0.5) is 5.69 Å². The van der Waals surface area contributed by atoms with Gasteiger partial charge in [0.05, 0.1) is 5.69 Å². The zero-order valence-electron chi connectivity index (χ0n) is 16.4. The summed E-state index contributed by atoms with van der Waals surface area (Å²) in [6, 6.07) is 6.60. The second kappa shape index (κ2) is 8.43. The Morgan fingerprint density at radius 3 is 2.64 bits per heavy atom. The van der Waals surface area contributed by atoms with Crippen LogP contribution in [0.15, 0.2) is 36.8 Å². The summed E-state index contributed by atoms with van der Waals surface area (Å²) in [5.41, 5.74) is 4.59. The number of hydrogen-bond donors (Lipinski definition) is 1. The standard InChI is InChI=1S/C20H26N8/c1-15(2)11-16-3-4-18(20-23-25-26-24-20)19(12-16)28-9-7-27(8-10-28)14-17-13-21-5-6-22-17/h3-6,12-13,15H,7-11,14H2,1-2H3,(H,23,24,25,26). The van der Waals surface area contributed by atoms with Gasteiger partial charge in [0.1, 0.15) is 0 Å². The van der Waals surface area contributed by atoms with Gasteiger partial charge in [-0.15, -0.1) is 10.2 Å². The van der Waals surface area contributed by atoms with Gasteiger partial charge in [-0.05, 0) is 35.2 Å². The molecule has 3 heterocycles. The highest BCUT2D eigenvalue weighted by molar-refractivity contribution is 5.75. The first-order valence-corrected chi connectivity index (χ1v) is 9.78. The van der Waals surface area contributed by atoms with Gasteiger partial charge < -0.3 is 4.90 Å². The first-order valence-electron chi connectivity index (χ1n) is 9.78. The average Bonchev–Trinajstić information content (AvgIpc) is 3.23. The predicted octanol–water partition coefficient (Wildman–Crippen LogP) is 2.18. The molecular formula is C20H26N8. The highest BCUT2D eigenvalue weighted by Gasteiger charge is 2.22. The molecule has 2 aromatic heterocycles. The van der Waals surface area contributed by atoms with E-state index in [1.807, 2.05) is 6.20 Å². The molecular weight excluding hydrogens is 352 g/mol. The number of anilines is 1. The summed E-state index contributed by atoms with van der Waals surface area (Å²) in [6.07, 6.45) is 6.37. The molecule has 1 aliphatic heterocycles. The second-order valence-electron chi connectivity index (χ2n) is 7.64. The Labute approximate surface area is 165 Å². The highest BCUT2D eigenvalue weighted by Crippen LogP contribution is 2.31. The molecule has 28 heavy (non-hydrogen) atoms. The van der Waals surface area contributed by atoms with Crippen LogP contribution >= 0.6 is 0 Å². The van der Waals surface area contributed by atoms with Crippen molar-refractivity contribution in [2.75, 3.05) is 31.1 Å². The Morgan fingerprint density at radius 1 is 1.11 bits per heavy atom. The molecule has 0 atom stereocenters. The minimum absolute atomic E-state index is 0.618. The van der Waals surface area contributed by atoms with Crippen molar-refractivity contribution >= 4 is 5.69 Å². The van der Waals surface area contributed by atoms with Crippen LogP contribution in [0.5, 0.6) is 0 Å². The fourth-order valence-electron chi connectivity index (χ4n) is 3.69. The van der Waals surface area contributed by atoms with Crippen molar-refractivity contribution in [3.63, 3.8) is 0 Å². The van der Waals surface area contributed by atoms with Gasteiger partial charge >= 0.3 is 0 Å². The number of benzene rings is 1. The van der Waals surface area contributed by atoms with Crippen LogP contribution in [0.3, 0.4) is 0 Å². The molecule has 0 amide bonds. The van der Waals surface area contributed by atoms with Crippen molar-refractivity contribution in [1.29, 1.82) is 0 Å². The van der Waals surface area contributed by atoms with Crippen molar-refractivity contribution in [2.24, 2.45) is 5.92 Å². The van der Waals surface area contributed by atoms with E-state index in [1.165, 1.54) is 11.3 Å². The van der Waals surface area contributed by atoms with E-state index in [4.69, 9.17) is 0 Å². The Kier molecular flexibility index (Phi) is 5.57. The predicted molar refractivity (Wildman–Crippen MR) is 108 cm³/mol. The lowest BCUT2D eigenvalue weighted by Gasteiger charge is -2.36. The van der Waals surface area contributed by atoms with Crippen molar-refractivity contribution in [3.8, 4) is 11.4 Å². The lowest BCUT2D eigenvalue weighted by atomic mass is 9.99. The normalized spacial score (nSPS) is 15.3. The smallest absolute Gasteiger partial charge is 0.206 e. The van der Waals surface area contributed by atoms with Gasteiger partial charge in [-0.25, -0.2) is 0 Å². The third-order valence-corrected chi connectivity index (χ3v) is 5.01. The Balaban J connectivity index is 1.51. The maximum absolute atomic E-state index is 4.39. The lowest BCUT2D eigenvalue weighted by molar-refractivity contribution is 0.247. The zero-order valence-corrected chi connectivity index (χ0v) is 16.4. The molecule has 1 aliphatic rings. The third-order valence-electron chi connectivity index (χ3n) is 5.01.